The Hall–Kier alpha value is -2.48. The maximum atomic E-state index is 13.3. The van der Waals surface area contributed by atoms with Crippen LogP contribution in [0.15, 0.2) is 30.3 Å². The Kier molecular flexibility index (Phi) is 7.79. The Bertz CT molecular complexity index is 818. The largest absolute Gasteiger partial charge is 0.497 e. The lowest BCUT2D eigenvalue weighted by Gasteiger charge is -2.37. The Morgan fingerprint density at radius 3 is 2.33 bits per heavy atom. The van der Waals surface area contributed by atoms with Crippen molar-refractivity contribution in [3.8, 4) is 5.75 Å². The Labute approximate surface area is 183 Å². The van der Waals surface area contributed by atoms with Crippen LogP contribution in [0, 0.1) is 13.8 Å². The number of hydrogen-bond donors (Lipinski definition) is 1. The molecule has 1 fully saturated rings. The number of nitrogens with one attached hydrogen (secondary N) is 1. The van der Waals surface area contributed by atoms with Crippen molar-refractivity contribution in [1.82, 2.24) is 14.9 Å². The lowest BCUT2D eigenvalue weighted by atomic mass is 10.1. The summed E-state index contributed by atoms with van der Waals surface area (Å²) in [5.41, 5.74) is 2.95. The number of carbonyl (C=O) groups excluding carboxylic acids is 1. The number of methoxy groups -OCH3 is 1. The van der Waals surface area contributed by atoms with Crippen LogP contribution in [0.2, 0.25) is 0 Å². The smallest absolute Gasteiger partial charge is 0.245 e. The predicted octanol–water partition coefficient (Wildman–Crippen LogP) is 2.98. The highest BCUT2D eigenvalue weighted by Gasteiger charge is 2.28. The third kappa shape index (κ3) is 5.78. The Morgan fingerprint density at radius 2 is 1.77 bits per heavy atom. The van der Waals surface area contributed by atoms with Crippen molar-refractivity contribution in [3.05, 3.63) is 41.7 Å². The molecule has 0 bridgehead atoms. The summed E-state index contributed by atoms with van der Waals surface area (Å²) in [5, 5.41) is 3.29. The van der Waals surface area contributed by atoms with Gasteiger partial charge in [0.15, 0.2) is 0 Å². The Balaban J connectivity index is 1.63. The fourth-order valence-corrected chi connectivity index (χ4v) is 4.11. The van der Waals surface area contributed by atoms with Gasteiger partial charge in [0, 0.05) is 43.3 Å². The molecule has 1 amide bonds. The summed E-state index contributed by atoms with van der Waals surface area (Å²) in [7, 11) is 1.67. The minimum Gasteiger partial charge on any atom is -0.497 e. The fourth-order valence-electron chi connectivity index (χ4n) is 3.64. The van der Waals surface area contributed by atoms with Crippen molar-refractivity contribution in [2.75, 3.05) is 55.5 Å². The SMILES string of the molecule is COc1ccc(N2CCN(C(=O)[C@H](CCSC)Nc3nc(C)cc(C)n3)CC2)cc1. The van der Waals surface area contributed by atoms with E-state index in [1.807, 2.05) is 36.9 Å². The first-order chi connectivity index (χ1) is 14.5. The summed E-state index contributed by atoms with van der Waals surface area (Å²) in [6.07, 6.45) is 2.80. The van der Waals surface area contributed by atoms with E-state index >= 15 is 0 Å². The normalized spacial score (nSPS) is 15.1. The number of amides is 1. The molecule has 1 aromatic carbocycles. The molecule has 0 radical (unpaired) electrons. The summed E-state index contributed by atoms with van der Waals surface area (Å²) in [4.78, 5) is 26.4. The summed E-state index contributed by atoms with van der Waals surface area (Å²) in [6, 6.07) is 9.69. The molecule has 1 N–H and O–H groups in total. The molecule has 162 valence electrons. The number of aromatic nitrogens is 2. The molecule has 8 heteroatoms. The highest BCUT2D eigenvalue weighted by Crippen LogP contribution is 2.21. The molecule has 2 heterocycles. The Morgan fingerprint density at radius 1 is 1.13 bits per heavy atom. The number of anilines is 2. The van der Waals surface area contributed by atoms with Crippen molar-refractivity contribution in [2.24, 2.45) is 0 Å². The van der Waals surface area contributed by atoms with E-state index in [4.69, 9.17) is 4.74 Å². The maximum Gasteiger partial charge on any atom is 0.245 e. The monoisotopic (exact) mass is 429 g/mol. The first-order valence-corrected chi connectivity index (χ1v) is 11.6. The summed E-state index contributed by atoms with van der Waals surface area (Å²) >= 11 is 1.74. The van der Waals surface area contributed by atoms with E-state index < -0.39 is 0 Å². The number of aryl methyl sites for hydroxylation is 2. The van der Waals surface area contributed by atoms with Gasteiger partial charge in [0.2, 0.25) is 11.9 Å². The molecule has 1 aromatic heterocycles. The summed E-state index contributed by atoms with van der Waals surface area (Å²) in [5.74, 6) is 2.41. The zero-order chi connectivity index (χ0) is 21.5. The molecule has 30 heavy (non-hydrogen) atoms. The molecule has 0 spiro atoms. The lowest BCUT2D eigenvalue weighted by molar-refractivity contribution is -0.132. The number of benzene rings is 1. The fraction of sp³-hybridized carbons (Fsp3) is 0.500. The predicted molar refractivity (Wildman–Crippen MR) is 124 cm³/mol. The maximum absolute atomic E-state index is 13.3. The number of piperazine rings is 1. The molecule has 2 aromatic rings. The van der Waals surface area contributed by atoms with E-state index in [9.17, 15) is 4.79 Å². The number of carbonyl (C=O) groups is 1. The summed E-state index contributed by atoms with van der Waals surface area (Å²) < 4.78 is 5.24. The molecule has 1 saturated heterocycles. The molecular formula is C22H31N5O2S. The quantitative estimate of drug-likeness (QED) is 0.692. The van der Waals surface area contributed by atoms with Gasteiger partial charge in [-0.2, -0.15) is 11.8 Å². The van der Waals surface area contributed by atoms with Gasteiger partial charge >= 0.3 is 0 Å². The van der Waals surface area contributed by atoms with Gasteiger partial charge in [-0.3, -0.25) is 4.79 Å². The van der Waals surface area contributed by atoms with Crippen LogP contribution < -0.4 is 15.0 Å². The molecule has 0 saturated carbocycles. The van der Waals surface area contributed by atoms with Crippen LogP contribution in [0.25, 0.3) is 0 Å². The van der Waals surface area contributed by atoms with Crippen LogP contribution >= 0.6 is 11.8 Å². The molecular weight excluding hydrogens is 398 g/mol. The lowest BCUT2D eigenvalue weighted by Crippen LogP contribution is -2.53. The van der Waals surface area contributed by atoms with E-state index in [0.717, 1.165) is 48.1 Å². The topological polar surface area (TPSA) is 70.6 Å². The molecule has 0 aliphatic carbocycles. The first-order valence-electron chi connectivity index (χ1n) is 10.3. The third-order valence-electron chi connectivity index (χ3n) is 5.22. The molecule has 7 nitrogen and oxygen atoms in total. The van der Waals surface area contributed by atoms with Crippen molar-refractivity contribution >= 4 is 29.3 Å². The van der Waals surface area contributed by atoms with Gasteiger partial charge in [-0.15, -0.1) is 0 Å². The molecule has 1 aliphatic rings. The average molecular weight is 430 g/mol. The average Bonchev–Trinajstić information content (AvgIpc) is 2.75. The standard InChI is InChI=1S/C22H31N5O2S/c1-16-15-17(2)24-22(23-16)25-20(9-14-30-4)21(28)27-12-10-26(11-13-27)18-5-7-19(29-3)8-6-18/h5-8,15,20H,9-14H2,1-4H3,(H,23,24,25)/t20-/m0/s1. The second kappa shape index (κ2) is 10.5. The van der Waals surface area contributed by atoms with Gasteiger partial charge in [0.25, 0.3) is 0 Å². The molecule has 1 aliphatic heterocycles. The van der Waals surface area contributed by atoms with Crippen LogP contribution in [0.1, 0.15) is 17.8 Å². The van der Waals surface area contributed by atoms with Gasteiger partial charge in [0.05, 0.1) is 7.11 Å². The van der Waals surface area contributed by atoms with Crippen molar-refractivity contribution in [3.63, 3.8) is 0 Å². The minimum absolute atomic E-state index is 0.126. The van der Waals surface area contributed by atoms with E-state index in [-0.39, 0.29) is 11.9 Å². The molecule has 1 atom stereocenters. The second-order valence-electron chi connectivity index (χ2n) is 7.46. The minimum atomic E-state index is -0.314. The van der Waals surface area contributed by atoms with E-state index in [0.29, 0.717) is 19.0 Å². The number of ether oxygens (including phenoxy) is 1. The zero-order valence-electron chi connectivity index (χ0n) is 18.2. The number of hydrogen-bond acceptors (Lipinski definition) is 7. The highest BCUT2D eigenvalue weighted by molar-refractivity contribution is 7.98. The summed E-state index contributed by atoms with van der Waals surface area (Å²) in [6.45, 7) is 6.92. The van der Waals surface area contributed by atoms with Crippen molar-refractivity contribution in [1.29, 1.82) is 0 Å². The molecule has 3 rings (SSSR count). The number of rotatable bonds is 8. The molecule has 0 unspecified atom stereocenters. The zero-order valence-corrected chi connectivity index (χ0v) is 19.0. The van der Waals surface area contributed by atoms with E-state index in [1.54, 1.807) is 18.9 Å². The third-order valence-corrected chi connectivity index (χ3v) is 5.87. The van der Waals surface area contributed by atoms with Crippen LogP contribution in [0.3, 0.4) is 0 Å². The van der Waals surface area contributed by atoms with Crippen molar-refractivity contribution < 1.29 is 9.53 Å². The second-order valence-corrected chi connectivity index (χ2v) is 8.45. The van der Waals surface area contributed by atoms with Crippen LogP contribution in [-0.2, 0) is 4.79 Å². The van der Waals surface area contributed by atoms with Gasteiger partial charge in [-0.1, -0.05) is 0 Å². The van der Waals surface area contributed by atoms with Gasteiger partial charge < -0.3 is 19.9 Å². The van der Waals surface area contributed by atoms with Crippen molar-refractivity contribution in [2.45, 2.75) is 26.3 Å². The van der Waals surface area contributed by atoms with Gasteiger partial charge in [-0.25, -0.2) is 9.97 Å². The first kappa shape index (κ1) is 22.2. The highest BCUT2D eigenvalue weighted by atomic mass is 32.2. The van der Waals surface area contributed by atoms with Crippen LogP contribution in [0.4, 0.5) is 11.6 Å². The number of nitrogens with zero attached hydrogens (tertiary/aromatic N) is 4. The van der Waals surface area contributed by atoms with E-state index in [1.165, 1.54) is 0 Å². The van der Waals surface area contributed by atoms with Crippen LogP contribution in [-0.4, -0.2) is 72.1 Å². The van der Waals surface area contributed by atoms with Crippen LogP contribution in [0.5, 0.6) is 5.75 Å². The van der Waals surface area contributed by atoms with Gasteiger partial charge in [0.1, 0.15) is 11.8 Å². The van der Waals surface area contributed by atoms with Gasteiger partial charge in [-0.05, 0) is 62.6 Å². The number of thioether (sulfide) groups is 1. The van der Waals surface area contributed by atoms with E-state index in [2.05, 4.69) is 38.6 Å².